The summed E-state index contributed by atoms with van der Waals surface area (Å²) in [5.74, 6) is -0.907. The summed E-state index contributed by atoms with van der Waals surface area (Å²) in [7, 11) is 1.90. The standard InChI is InChI=1S/C22H20FN7O/c1-14-17(11-24-28(14)2)18-13-29(12-15-7-3-4-8-16(15)18)22(31)21-25-27-30(26-21)20-10-6-5-9-19(20)23/h3-11,18H,12-13H2,1-2H3. The minimum Gasteiger partial charge on any atom is -0.331 e. The topological polar surface area (TPSA) is 81.7 Å². The summed E-state index contributed by atoms with van der Waals surface area (Å²) in [4.78, 5) is 16.0. The summed E-state index contributed by atoms with van der Waals surface area (Å²) in [5.41, 5.74) is 4.53. The van der Waals surface area contributed by atoms with Gasteiger partial charge >= 0.3 is 0 Å². The molecule has 0 fully saturated rings. The fourth-order valence-corrected chi connectivity index (χ4v) is 4.04. The summed E-state index contributed by atoms with van der Waals surface area (Å²) in [6.07, 6.45) is 1.86. The normalized spacial score (nSPS) is 15.7. The number of fused-ring (bicyclic) bond motifs is 1. The number of amides is 1. The molecule has 31 heavy (non-hydrogen) atoms. The zero-order valence-electron chi connectivity index (χ0n) is 17.1. The molecule has 0 N–H and O–H groups in total. The van der Waals surface area contributed by atoms with E-state index in [4.69, 9.17) is 0 Å². The van der Waals surface area contributed by atoms with Gasteiger partial charge in [-0.15, -0.1) is 15.0 Å². The minimum atomic E-state index is -0.488. The molecule has 1 aliphatic heterocycles. The lowest BCUT2D eigenvalue weighted by atomic mass is 9.85. The molecule has 0 saturated heterocycles. The first-order chi connectivity index (χ1) is 15.0. The van der Waals surface area contributed by atoms with E-state index >= 15 is 0 Å². The van der Waals surface area contributed by atoms with Crippen LogP contribution in [0.1, 0.15) is 38.9 Å². The predicted octanol–water partition coefficient (Wildman–Crippen LogP) is 2.63. The van der Waals surface area contributed by atoms with Crippen molar-refractivity contribution in [2.75, 3.05) is 6.54 Å². The highest BCUT2D eigenvalue weighted by molar-refractivity contribution is 5.90. The van der Waals surface area contributed by atoms with Crippen molar-refractivity contribution in [1.29, 1.82) is 0 Å². The van der Waals surface area contributed by atoms with Gasteiger partial charge in [-0.3, -0.25) is 9.48 Å². The van der Waals surface area contributed by atoms with Crippen LogP contribution in [0.25, 0.3) is 5.69 Å². The monoisotopic (exact) mass is 417 g/mol. The van der Waals surface area contributed by atoms with Gasteiger partial charge in [0, 0.05) is 37.3 Å². The number of para-hydroxylation sites is 1. The maximum absolute atomic E-state index is 14.1. The van der Waals surface area contributed by atoms with E-state index in [1.165, 1.54) is 17.7 Å². The van der Waals surface area contributed by atoms with Crippen LogP contribution in [0.4, 0.5) is 4.39 Å². The van der Waals surface area contributed by atoms with Crippen LogP contribution in [-0.2, 0) is 13.6 Å². The Labute approximate surface area is 177 Å². The Kier molecular flexibility index (Phi) is 4.58. The lowest BCUT2D eigenvalue weighted by Crippen LogP contribution is -2.39. The highest BCUT2D eigenvalue weighted by atomic mass is 19.1. The van der Waals surface area contributed by atoms with Gasteiger partial charge in [-0.1, -0.05) is 36.4 Å². The van der Waals surface area contributed by atoms with E-state index in [-0.39, 0.29) is 23.3 Å². The van der Waals surface area contributed by atoms with Crippen molar-refractivity contribution < 1.29 is 9.18 Å². The average molecular weight is 417 g/mol. The van der Waals surface area contributed by atoms with Gasteiger partial charge in [0.1, 0.15) is 5.69 Å². The summed E-state index contributed by atoms with van der Waals surface area (Å²) in [6.45, 7) is 2.93. The van der Waals surface area contributed by atoms with E-state index in [0.29, 0.717) is 13.1 Å². The quantitative estimate of drug-likeness (QED) is 0.512. The molecule has 0 aliphatic carbocycles. The van der Waals surface area contributed by atoms with Gasteiger partial charge in [-0.25, -0.2) is 4.39 Å². The van der Waals surface area contributed by atoms with Crippen LogP contribution in [0.5, 0.6) is 0 Å². The molecule has 0 bridgehead atoms. The molecule has 0 radical (unpaired) electrons. The Bertz CT molecular complexity index is 1280. The van der Waals surface area contributed by atoms with Crippen molar-refractivity contribution in [3.8, 4) is 5.69 Å². The van der Waals surface area contributed by atoms with Crippen molar-refractivity contribution in [3.05, 3.63) is 88.8 Å². The molecule has 1 amide bonds. The molecule has 3 heterocycles. The molecule has 156 valence electrons. The molecular weight excluding hydrogens is 397 g/mol. The number of halogens is 1. The van der Waals surface area contributed by atoms with Gasteiger partial charge in [0.25, 0.3) is 11.7 Å². The van der Waals surface area contributed by atoms with E-state index in [9.17, 15) is 9.18 Å². The second-order valence-electron chi connectivity index (χ2n) is 7.60. The molecular formula is C22H20FN7O. The molecule has 8 nitrogen and oxygen atoms in total. The zero-order valence-corrected chi connectivity index (χ0v) is 17.1. The lowest BCUT2D eigenvalue weighted by molar-refractivity contribution is 0.0712. The van der Waals surface area contributed by atoms with Crippen LogP contribution < -0.4 is 0 Å². The first-order valence-electron chi connectivity index (χ1n) is 9.93. The van der Waals surface area contributed by atoms with Gasteiger partial charge in [-0.2, -0.15) is 5.10 Å². The molecule has 2 aromatic heterocycles. The molecule has 1 unspecified atom stereocenters. The van der Waals surface area contributed by atoms with Crippen LogP contribution >= 0.6 is 0 Å². The number of carbonyl (C=O) groups is 1. The van der Waals surface area contributed by atoms with Crippen molar-refractivity contribution in [2.45, 2.75) is 19.4 Å². The fourth-order valence-electron chi connectivity index (χ4n) is 4.04. The second kappa shape index (κ2) is 7.42. The average Bonchev–Trinajstić information content (AvgIpc) is 3.40. The summed E-state index contributed by atoms with van der Waals surface area (Å²) in [6, 6.07) is 14.2. The zero-order chi connectivity index (χ0) is 21.5. The smallest absolute Gasteiger partial charge is 0.295 e. The summed E-state index contributed by atoms with van der Waals surface area (Å²) in [5, 5.41) is 16.3. The minimum absolute atomic E-state index is 0.00999. The van der Waals surface area contributed by atoms with Crippen LogP contribution in [0.15, 0.2) is 54.7 Å². The van der Waals surface area contributed by atoms with Gasteiger partial charge in [0.15, 0.2) is 5.82 Å². The number of aryl methyl sites for hydroxylation is 1. The molecule has 0 spiro atoms. The Morgan fingerprint density at radius 2 is 1.87 bits per heavy atom. The highest BCUT2D eigenvalue weighted by Gasteiger charge is 2.33. The van der Waals surface area contributed by atoms with Crippen molar-refractivity contribution in [2.24, 2.45) is 7.05 Å². The van der Waals surface area contributed by atoms with E-state index in [1.54, 1.807) is 17.0 Å². The Balaban J connectivity index is 1.48. The number of benzene rings is 2. The predicted molar refractivity (Wildman–Crippen MR) is 110 cm³/mol. The number of hydrogen-bond acceptors (Lipinski definition) is 5. The first kappa shape index (κ1) is 19.1. The molecule has 0 saturated carbocycles. The van der Waals surface area contributed by atoms with E-state index < -0.39 is 5.82 Å². The SMILES string of the molecule is Cc1c(C2CN(C(=O)c3nnn(-c4ccccc4F)n3)Cc3ccccc32)cnn1C. The Morgan fingerprint density at radius 1 is 1.10 bits per heavy atom. The number of nitrogens with zero attached hydrogens (tertiary/aromatic N) is 7. The third-order valence-corrected chi connectivity index (χ3v) is 5.80. The Hall–Kier alpha value is -3.88. The molecule has 1 aliphatic rings. The molecule has 9 heteroatoms. The van der Waals surface area contributed by atoms with Gasteiger partial charge in [0.2, 0.25) is 0 Å². The maximum atomic E-state index is 14.1. The maximum Gasteiger partial charge on any atom is 0.295 e. The van der Waals surface area contributed by atoms with E-state index in [1.807, 2.05) is 43.0 Å². The van der Waals surface area contributed by atoms with Crippen molar-refractivity contribution >= 4 is 5.91 Å². The lowest BCUT2D eigenvalue weighted by Gasteiger charge is -2.34. The number of rotatable bonds is 3. The molecule has 2 aromatic carbocycles. The van der Waals surface area contributed by atoms with E-state index in [0.717, 1.165) is 21.6 Å². The van der Waals surface area contributed by atoms with E-state index in [2.05, 4.69) is 26.6 Å². The van der Waals surface area contributed by atoms with Crippen molar-refractivity contribution in [1.82, 2.24) is 34.9 Å². The largest absolute Gasteiger partial charge is 0.331 e. The van der Waals surface area contributed by atoms with Crippen LogP contribution in [0, 0.1) is 12.7 Å². The third kappa shape index (κ3) is 3.27. The fraction of sp³-hybridized carbons (Fsp3) is 0.227. The number of tetrazole rings is 1. The first-order valence-corrected chi connectivity index (χ1v) is 9.93. The number of aromatic nitrogens is 6. The molecule has 5 rings (SSSR count). The molecule has 4 aromatic rings. The van der Waals surface area contributed by atoms with Gasteiger partial charge in [-0.05, 0) is 35.4 Å². The van der Waals surface area contributed by atoms with Crippen LogP contribution in [-0.4, -0.2) is 47.3 Å². The highest BCUT2D eigenvalue weighted by Crippen LogP contribution is 2.35. The summed E-state index contributed by atoms with van der Waals surface area (Å²) >= 11 is 0. The second-order valence-corrected chi connectivity index (χ2v) is 7.60. The number of hydrogen-bond donors (Lipinski definition) is 0. The molecule has 1 atom stereocenters. The number of carbonyl (C=O) groups excluding carboxylic acids is 1. The van der Waals surface area contributed by atoms with Crippen LogP contribution in [0.2, 0.25) is 0 Å². The third-order valence-electron chi connectivity index (χ3n) is 5.80. The van der Waals surface area contributed by atoms with Gasteiger partial charge < -0.3 is 4.90 Å². The summed E-state index contributed by atoms with van der Waals surface area (Å²) < 4.78 is 15.9. The van der Waals surface area contributed by atoms with Crippen LogP contribution in [0.3, 0.4) is 0 Å². The van der Waals surface area contributed by atoms with Crippen molar-refractivity contribution in [3.63, 3.8) is 0 Å². The Morgan fingerprint density at radius 3 is 2.65 bits per heavy atom. The van der Waals surface area contributed by atoms with Gasteiger partial charge in [0.05, 0.1) is 6.20 Å².